The number of aliphatic hydroxyl groups excluding tert-OH is 1. The van der Waals surface area contributed by atoms with Crippen molar-refractivity contribution in [3.63, 3.8) is 0 Å². The molecule has 1 aromatic rings. The number of benzene rings is 1. The number of aliphatic imine (C=N–C) groups is 1. The van der Waals surface area contributed by atoms with Crippen molar-refractivity contribution in [2.24, 2.45) is 4.99 Å². The Bertz CT molecular complexity index is 471. The van der Waals surface area contributed by atoms with E-state index in [0.717, 1.165) is 11.1 Å². The van der Waals surface area contributed by atoms with Crippen LogP contribution in [0, 0.1) is 0 Å². The maximum atomic E-state index is 10.7. The predicted octanol–water partition coefficient (Wildman–Crippen LogP) is 1.26. The van der Waals surface area contributed by atoms with Gasteiger partial charge in [0.25, 0.3) is 0 Å². The Labute approximate surface area is 108 Å². The Morgan fingerprint density at radius 2 is 2.06 bits per heavy atom. The number of rotatable bonds is 4. The highest BCUT2D eigenvalue weighted by atomic mass is 32.2. The van der Waals surface area contributed by atoms with Crippen LogP contribution < -0.4 is 0 Å². The Kier molecular flexibility index (Phi) is 4.11. The zero-order valence-corrected chi connectivity index (χ0v) is 10.8. The molecule has 1 aliphatic rings. The second-order valence-corrected chi connectivity index (χ2v) is 5.08. The van der Waals surface area contributed by atoms with Gasteiger partial charge in [0.05, 0.1) is 12.4 Å². The van der Waals surface area contributed by atoms with Crippen LogP contribution in [0.2, 0.25) is 0 Å². The van der Waals surface area contributed by atoms with Crippen LogP contribution in [0.4, 0.5) is 0 Å². The van der Waals surface area contributed by atoms with Crippen LogP contribution >= 0.6 is 0 Å². The lowest BCUT2D eigenvalue weighted by molar-refractivity contribution is 0.150. The Morgan fingerprint density at radius 3 is 2.61 bits per heavy atom. The first-order valence-corrected chi connectivity index (χ1v) is 6.86. The Hall–Kier alpha value is -1.24. The topological polar surface area (TPSA) is 79.1 Å². The molecule has 1 heterocycles. The number of hydrogen-bond acceptors (Lipinski definition) is 4. The van der Waals surface area contributed by atoms with E-state index in [1.54, 1.807) is 19.1 Å². The van der Waals surface area contributed by atoms with E-state index >= 15 is 0 Å². The maximum absolute atomic E-state index is 10.7. The van der Waals surface area contributed by atoms with E-state index in [-0.39, 0.29) is 24.5 Å². The first kappa shape index (κ1) is 13.2. The van der Waals surface area contributed by atoms with Crippen molar-refractivity contribution < 1.29 is 18.6 Å². The standard InChI is InChI=1S/C12H15NO4S/c1-8-13-11(6-14)12(17-8)10-4-2-9(3-5-10)7-18(15)16/h2-5,11-12,14H,6-7H2,1H3,(H,15,16)/t11-,12-/m1/s1. The molecule has 1 unspecified atom stereocenters. The summed E-state index contributed by atoms with van der Waals surface area (Å²) in [5, 5.41) is 9.23. The summed E-state index contributed by atoms with van der Waals surface area (Å²) < 4.78 is 25.0. The summed E-state index contributed by atoms with van der Waals surface area (Å²) in [6, 6.07) is 6.97. The lowest BCUT2D eigenvalue weighted by Gasteiger charge is -2.16. The molecule has 5 nitrogen and oxygen atoms in total. The van der Waals surface area contributed by atoms with Crippen molar-refractivity contribution in [3.8, 4) is 0 Å². The van der Waals surface area contributed by atoms with Gasteiger partial charge < -0.3 is 14.4 Å². The lowest BCUT2D eigenvalue weighted by atomic mass is 10.0. The molecule has 2 rings (SSSR count). The number of hydrogen-bond donors (Lipinski definition) is 2. The minimum Gasteiger partial charge on any atom is -0.471 e. The summed E-state index contributed by atoms with van der Waals surface area (Å²) in [6.07, 6.45) is -0.274. The lowest BCUT2D eigenvalue weighted by Crippen LogP contribution is -2.17. The van der Waals surface area contributed by atoms with Gasteiger partial charge in [0.15, 0.2) is 17.0 Å². The fraction of sp³-hybridized carbons (Fsp3) is 0.417. The molecule has 0 aromatic heterocycles. The van der Waals surface area contributed by atoms with Crippen molar-refractivity contribution in [1.82, 2.24) is 0 Å². The van der Waals surface area contributed by atoms with E-state index < -0.39 is 11.1 Å². The summed E-state index contributed by atoms with van der Waals surface area (Å²) in [4.78, 5) is 4.19. The van der Waals surface area contributed by atoms with Crippen LogP contribution in [-0.4, -0.2) is 32.4 Å². The van der Waals surface area contributed by atoms with Crippen molar-refractivity contribution in [3.05, 3.63) is 35.4 Å². The van der Waals surface area contributed by atoms with E-state index in [1.165, 1.54) is 0 Å². The third kappa shape index (κ3) is 2.95. The van der Waals surface area contributed by atoms with Crippen molar-refractivity contribution in [2.75, 3.05) is 6.61 Å². The number of ether oxygens (including phenoxy) is 1. The normalized spacial score (nSPS) is 24.5. The molecular formula is C12H15NO4S. The van der Waals surface area contributed by atoms with Crippen LogP contribution in [0.3, 0.4) is 0 Å². The molecule has 0 fully saturated rings. The summed E-state index contributed by atoms with van der Waals surface area (Å²) in [6.45, 7) is 1.69. The van der Waals surface area contributed by atoms with Gasteiger partial charge in [-0.25, -0.2) is 9.20 Å². The molecule has 18 heavy (non-hydrogen) atoms. The summed E-state index contributed by atoms with van der Waals surface area (Å²) in [5.41, 5.74) is 1.69. The molecule has 0 bridgehead atoms. The molecule has 3 atom stereocenters. The molecule has 1 aliphatic heterocycles. The monoisotopic (exact) mass is 269 g/mol. The van der Waals surface area contributed by atoms with E-state index in [9.17, 15) is 9.32 Å². The molecular weight excluding hydrogens is 254 g/mol. The average Bonchev–Trinajstić information content (AvgIpc) is 2.71. The van der Waals surface area contributed by atoms with Crippen LogP contribution in [0.25, 0.3) is 0 Å². The van der Waals surface area contributed by atoms with Crippen molar-refractivity contribution in [2.45, 2.75) is 24.8 Å². The van der Waals surface area contributed by atoms with Crippen LogP contribution in [0.5, 0.6) is 0 Å². The number of aliphatic hydroxyl groups is 1. The molecule has 98 valence electrons. The van der Waals surface area contributed by atoms with E-state index in [4.69, 9.17) is 9.29 Å². The van der Waals surface area contributed by atoms with Gasteiger partial charge in [-0.2, -0.15) is 0 Å². The van der Waals surface area contributed by atoms with Crippen LogP contribution in [-0.2, 0) is 21.6 Å². The average molecular weight is 269 g/mol. The second kappa shape index (κ2) is 5.60. The van der Waals surface area contributed by atoms with Gasteiger partial charge in [0, 0.05) is 6.92 Å². The Balaban J connectivity index is 2.12. The van der Waals surface area contributed by atoms with Crippen LogP contribution in [0.1, 0.15) is 24.2 Å². The largest absolute Gasteiger partial charge is 0.471 e. The second-order valence-electron chi connectivity index (χ2n) is 4.14. The molecule has 0 radical (unpaired) electrons. The zero-order valence-electron chi connectivity index (χ0n) is 9.94. The summed E-state index contributed by atoms with van der Waals surface area (Å²) in [5.74, 6) is 0.685. The fourth-order valence-corrected chi connectivity index (χ4v) is 2.44. The first-order chi connectivity index (χ1) is 8.60. The van der Waals surface area contributed by atoms with Gasteiger partial charge in [-0.1, -0.05) is 24.3 Å². The third-order valence-electron chi connectivity index (χ3n) is 2.78. The highest BCUT2D eigenvalue weighted by Gasteiger charge is 2.29. The molecule has 0 aliphatic carbocycles. The predicted molar refractivity (Wildman–Crippen MR) is 68.7 cm³/mol. The first-order valence-electron chi connectivity index (χ1n) is 5.58. The van der Waals surface area contributed by atoms with Crippen LogP contribution in [0.15, 0.2) is 29.3 Å². The highest BCUT2D eigenvalue weighted by Crippen LogP contribution is 2.29. The van der Waals surface area contributed by atoms with Gasteiger partial charge in [-0.15, -0.1) is 0 Å². The van der Waals surface area contributed by atoms with Gasteiger partial charge >= 0.3 is 0 Å². The molecule has 0 amide bonds. The quantitative estimate of drug-likeness (QED) is 0.806. The van der Waals surface area contributed by atoms with Gasteiger partial charge in [0.1, 0.15) is 12.1 Å². The van der Waals surface area contributed by atoms with Crippen molar-refractivity contribution >= 4 is 17.0 Å². The minimum atomic E-state index is -1.83. The fourth-order valence-electron chi connectivity index (χ4n) is 1.97. The molecule has 2 N–H and O–H groups in total. The van der Waals surface area contributed by atoms with E-state index in [2.05, 4.69) is 4.99 Å². The molecule has 0 spiro atoms. The minimum absolute atomic E-state index is 0.0651. The van der Waals surface area contributed by atoms with Gasteiger partial charge in [-0.3, -0.25) is 0 Å². The van der Waals surface area contributed by atoms with Crippen molar-refractivity contribution in [1.29, 1.82) is 0 Å². The molecule has 0 saturated heterocycles. The summed E-state index contributed by atoms with van der Waals surface area (Å²) in [7, 11) is 0. The zero-order chi connectivity index (χ0) is 13.1. The smallest absolute Gasteiger partial charge is 0.181 e. The van der Waals surface area contributed by atoms with Gasteiger partial charge in [-0.05, 0) is 11.1 Å². The van der Waals surface area contributed by atoms with Gasteiger partial charge in [0.2, 0.25) is 0 Å². The van der Waals surface area contributed by atoms with E-state index in [0.29, 0.717) is 5.90 Å². The Morgan fingerprint density at radius 1 is 1.39 bits per heavy atom. The molecule has 6 heteroatoms. The SMILES string of the molecule is CC1=N[C@H](CO)[C@@H](c2ccc(CS(=O)O)cc2)O1. The molecule has 1 aromatic carbocycles. The maximum Gasteiger partial charge on any atom is 0.181 e. The highest BCUT2D eigenvalue weighted by molar-refractivity contribution is 7.78. The summed E-state index contributed by atoms with van der Waals surface area (Å²) >= 11 is -1.83. The molecule has 0 saturated carbocycles. The number of nitrogens with zero attached hydrogens (tertiary/aromatic N) is 1. The third-order valence-corrected chi connectivity index (χ3v) is 3.36. The van der Waals surface area contributed by atoms with E-state index in [1.807, 2.05) is 12.1 Å².